The van der Waals surface area contributed by atoms with E-state index in [0.29, 0.717) is 32.2 Å². The number of aryl methyl sites for hydroxylation is 1. The maximum atomic E-state index is 13.3. The molecule has 1 spiro atoms. The highest BCUT2D eigenvalue weighted by molar-refractivity contribution is 5.82. The summed E-state index contributed by atoms with van der Waals surface area (Å²) in [7, 11) is 0. The van der Waals surface area contributed by atoms with Crippen molar-refractivity contribution in [1.29, 1.82) is 0 Å². The Morgan fingerprint density at radius 3 is 2.61 bits per heavy atom. The third kappa shape index (κ3) is 3.23. The lowest BCUT2D eigenvalue weighted by Gasteiger charge is -2.45. The Hall–Kier alpha value is -1.89. The summed E-state index contributed by atoms with van der Waals surface area (Å²) >= 11 is 0. The van der Waals surface area contributed by atoms with Gasteiger partial charge < -0.3 is 19.1 Å². The van der Waals surface area contributed by atoms with Crippen LogP contribution in [0.3, 0.4) is 0 Å². The van der Waals surface area contributed by atoms with Gasteiger partial charge in [0.15, 0.2) is 0 Å². The molecule has 1 saturated carbocycles. The second-order valence-electron chi connectivity index (χ2n) is 8.95. The maximum absolute atomic E-state index is 13.3. The zero-order valence-electron chi connectivity index (χ0n) is 16.5. The van der Waals surface area contributed by atoms with Gasteiger partial charge in [0.25, 0.3) is 0 Å². The number of hydrogen-bond donors (Lipinski definition) is 0. The Morgan fingerprint density at radius 1 is 1.00 bits per heavy atom. The summed E-state index contributed by atoms with van der Waals surface area (Å²) in [6.45, 7) is 4.25. The van der Waals surface area contributed by atoms with Crippen molar-refractivity contribution in [3.63, 3.8) is 0 Å². The van der Waals surface area contributed by atoms with Crippen LogP contribution in [0.2, 0.25) is 0 Å². The van der Waals surface area contributed by atoms with Gasteiger partial charge in [0, 0.05) is 62.7 Å². The van der Waals surface area contributed by atoms with Crippen LogP contribution in [0.4, 0.5) is 0 Å². The van der Waals surface area contributed by atoms with Crippen molar-refractivity contribution in [2.24, 2.45) is 11.8 Å². The van der Waals surface area contributed by atoms with Crippen molar-refractivity contribution in [3.05, 3.63) is 18.2 Å². The molecular weight excluding hydrogens is 356 g/mol. The molecule has 0 N–H and O–H groups in total. The number of ether oxygens (including phenoxy) is 1. The summed E-state index contributed by atoms with van der Waals surface area (Å²) in [5.41, 5.74) is 1.11. The lowest BCUT2D eigenvalue weighted by atomic mass is 9.84. The van der Waals surface area contributed by atoms with Gasteiger partial charge in [-0.25, -0.2) is 4.98 Å². The summed E-state index contributed by atoms with van der Waals surface area (Å²) in [5, 5.41) is 0. The van der Waals surface area contributed by atoms with Crippen LogP contribution in [0.1, 0.15) is 44.2 Å². The molecule has 0 radical (unpaired) electrons. The summed E-state index contributed by atoms with van der Waals surface area (Å²) in [6, 6.07) is 0. The molecule has 1 aromatic heterocycles. The van der Waals surface area contributed by atoms with E-state index in [1.54, 1.807) is 0 Å². The van der Waals surface area contributed by atoms with Crippen LogP contribution >= 0.6 is 0 Å². The highest BCUT2D eigenvalue weighted by Crippen LogP contribution is 2.39. The van der Waals surface area contributed by atoms with E-state index in [2.05, 4.69) is 14.5 Å². The largest absolute Gasteiger partial charge is 0.381 e. The summed E-state index contributed by atoms with van der Waals surface area (Å²) in [5.74, 6) is 0.817. The summed E-state index contributed by atoms with van der Waals surface area (Å²) in [4.78, 5) is 34.7. The van der Waals surface area contributed by atoms with Gasteiger partial charge in [-0.3, -0.25) is 9.59 Å². The predicted molar refractivity (Wildman–Crippen MR) is 102 cm³/mol. The third-order valence-corrected chi connectivity index (χ3v) is 7.25. The van der Waals surface area contributed by atoms with Gasteiger partial charge in [-0.05, 0) is 44.9 Å². The van der Waals surface area contributed by atoms with Gasteiger partial charge in [0.1, 0.15) is 0 Å². The lowest BCUT2D eigenvalue weighted by Crippen LogP contribution is -2.55. The molecule has 3 aliphatic heterocycles. The van der Waals surface area contributed by atoms with E-state index in [1.807, 2.05) is 17.4 Å². The van der Waals surface area contributed by atoms with E-state index >= 15 is 0 Å². The van der Waals surface area contributed by atoms with E-state index < -0.39 is 0 Å². The number of carbonyl (C=O) groups excluding carboxylic acids is 2. The molecule has 28 heavy (non-hydrogen) atoms. The molecule has 1 unspecified atom stereocenters. The SMILES string of the molecule is O=C(C1CCc2cncn2C1)N1CCN(C(=O)C2CC2)C2(CCOCC2)CC1. The van der Waals surface area contributed by atoms with Gasteiger partial charge in [-0.15, -0.1) is 0 Å². The summed E-state index contributed by atoms with van der Waals surface area (Å²) < 4.78 is 7.73. The molecule has 152 valence electrons. The van der Waals surface area contributed by atoms with Crippen molar-refractivity contribution < 1.29 is 14.3 Å². The van der Waals surface area contributed by atoms with Crippen molar-refractivity contribution in [1.82, 2.24) is 19.4 Å². The van der Waals surface area contributed by atoms with E-state index in [1.165, 1.54) is 5.69 Å². The maximum Gasteiger partial charge on any atom is 0.227 e. The quantitative estimate of drug-likeness (QED) is 0.772. The molecule has 4 aliphatic rings. The first-order valence-electron chi connectivity index (χ1n) is 10.8. The second kappa shape index (κ2) is 7.17. The minimum Gasteiger partial charge on any atom is -0.381 e. The van der Waals surface area contributed by atoms with Crippen LogP contribution in [-0.2, 0) is 27.3 Å². The van der Waals surface area contributed by atoms with Gasteiger partial charge in [-0.2, -0.15) is 0 Å². The van der Waals surface area contributed by atoms with E-state index in [-0.39, 0.29) is 23.3 Å². The number of carbonyl (C=O) groups is 2. The van der Waals surface area contributed by atoms with Crippen molar-refractivity contribution in [2.75, 3.05) is 32.8 Å². The smallest absolute Gasteiger partial charge is 0.227 e. The topological polar surface area (TPSA) is 67.7 Å². The lowest BCUT2D eigenvalue weighted by molar-refractivity contribution is -0.143. The molecule has 0 aromatic carbocycles. The first kappa shape index (κ1) is 18.2. The van der Waals surface area contributed by atoms with Crippen molar-refractivity contribution >= 4 is 11.8 Å². The Morgan fingerprint density at radius 2 is 1.82 bits per heavy atom. The minimum absolute atomic E-state index is 0.0259. The molecule has 7 nitrogen and oxygen atoms in total. The third-order valence-electron chi connectivity index (χ3n) is 7.25. The monoisotopic (exact) mass is 386 g/mol. The molecule has 2 amide bonds. The van der Waals surface area contributed by atoms with Crippen molar-refractivity contribution in [3.8, 4) is 0 Å². The van der Waals surface area contributed by atoms with Crippen LogP contribution in [-0.4, -0.2) is 69.6 Å². The highest BCUT2D eigenvalue weighted by Gasteiger charge is 2.47. The second-order valence-corrected chi connectivity index (χ2v) is 8.95. The Bertz CT molecular complexity index is 751. The first-order valence-corrected chi connectivity index (χ1v) is 10.8. The number of fused-ring (bicyclic) bond motifs is 1. The fourth-order valence-corrected chi connectivity index (χ4v) is 5.27. The van der Waals surface area contributed by atoms with Gasteiger partial charge in [-0.1, -0.05) is 0 Å². The highest BCUT2D eigenvalue weighted by atomic mass is 16.5. The van der Waals surface area contributed by atoms with Crippen LogP contribution < -0.4 is 0 Å². The molecule has 2 saturated heterocycles. The zero-order chi connectivity index (χ0) is 19.1. The standard InChI is InChI=1S/C21H30N4O3/c26-19(17-3-4-18-13-22-15-24(18)14-17)23-8-5-21(6-11-28-12-7-21)25(10-9-23)20(27)16-1-2-16/h13,15-17H,1-12,14H2. The Labute approximate surface area is 166 Å². The number of aromatic nitrogens is 2. The molecule has 3 fully saturated rings. The molecule has 4 heterocycles. The van der Waals surface area contributed by atoms with Crippen molar-refractivity contribution in [2.45, 2.75) is 57.0 Å². The average Bonchev–Trinajstić information content (AvgIpc) is 3.50. The van der Waals surface area contributed by atoms with Gasteiger partial charge in [0.05, 0.1) is 12.2 Å². The first-order chi connectivity index (χ1) is 13.7. The van der Waals surface area contributed by atoms with Crippen LogP contribution in [0.5, 0.6) is 0 Å². The number of rotatable bonds is 2. The number of amides is 2. The van der Waals surface area contributed by atoms with E-state index in [0.717, 1.165) is 58.0 Å². The number of nitrogens with zero attached hydrogens (tertiary/aromatic N) is 4. The van der Waals surface area contributed by atoms with E-state index in [9.17, 15) is 9.59 Å². The van der Waals surface area contributed by atoms with Crippen LogP contribution in [0, 0.1) is 11.8 Å². The normalized spacial score (nSPS) is 27.4. The molecular formula is C21H30N4O3. The Balaban J connectivity index is 1.31. The van der Waals surface area contributed by atoms with Gasteiger partial charge in [0.2, 0.25) is 11.8 Å². The molecule has 1 aromatic rings. The van der Waals surface area contributed by atoms with Gasteiger partial charge >= 0.3 is 0 Å². The van der Waals surface area contributed by atoms with Crippen LogP contribution in [0.15, 0.2) is 12.5 Å². The number of hydrogen-bond acceptors (Lipinski definition) is 4. The molecule has 1 aliphatic carbocycles. The van der Waals surface area contributed by atoms with Crippen LogP contribution in [0.25, 0.3) is 0 Å². The molecule has 0 bridgehead atoms. The average molecular weight is 386 g/mol. The fourth-order valence-electron chi connectivity index (χ4n) is 5.27. The number of imidazole rings is 1. The summed E-state index contributed by atoms with van der Waals surface area (Å²) in [6.07, 6.45) is 10.3. The predicted octanol–water partition coefficient (Wildman–Crippen LogP) is 1.47. The Kier molecular flexibility index (Phi) is 4.65. The molecule has 1 atom stereocenters. The zero-order valence-corrected chi connectivity index (χ0v) is 16.5. The molecule has 5 rings (SSSR count). The van der Waals surface area contributed by atoms with E-state index in [4.69, 9.17) is 4.74 Å². The minimum atomic E-state index is -0.114. The fraction of sp³-hybridized carbons (Fsp3) is 0.762. The molecule has 7 heteroatoms.